The van der Waals surface area contributed by atoms with Crippen molar-refractivity contribution in [3.63, 3.8) is 0 Å². The molecule has 2 aromatic carbocycles. The summed E-state index contributed by atoms with van der Waals surface area (Å²) in [5.74, 6) is 1.53. The third kappa shape index (κ3) is 3.54. The number of hydrogen-bond donors (Lipinski definition) is 0. The van der Waals surface area contributed by atoms with E-state index in [9.17, 15) is 0 Å². The fourth-order valence-electron chi connectivity index (χ4n) is 2.12. The van der Waals surface area contributed by atoms with Crippen molar-refractivity contribution < 1.29 is 9.47 Å². The highest BCUT2D eigenvalue weighted by Gasteiger charge is 2.13. The first kappa shape index (κ1) is 14.8. The molecular formula is C17H15BrN2O2. The Balaban J connectivity index is 1.65. The van der Waals surface area contributed by atoms with Crippen LogP contribution in [0.25, 0.3) is 0 Å². The highest BCUT2D eigenvalue weighted by molar-refractivity contribution is 9.10. The third-order valence-corrected chi connectivity index (χ3v) is 3.79. The first-order chi connectivity index (χ1) is 10.7. The molecule has 112 valence electrons. The summed E-state index contributed by atoms with van der Waals surface area (Å²) in [7, 11) is 0. The molecule has 1 aliphatic heterocycles. The Bertz CT molecular complexity index is 741. The number of halogens is 1. The van der Waals surface area contributed by atoms with Gasteiger partial charge >= 0.3 is 0 Å². The molecule has 0 fully saturated rings. The lowest BCUT2D eigenvalue weighted by atomic mass is 10.1. The van der Waals surface area contributed by atoms with Crippen LogP contribution in [0, 0.1) is 0 Å². The summed E-state index contributed by atoms with van der Waals surface area (Å²) in [6.45, 7) is 2.20. The zero-order valence-electron chi connectivity index (χ0n) is 12.1. The van der Waals surface area contributed by atoms with Gasteiger partial charge in [-0.15, -0.1) is 0 Å². The molecule has 5 heteroatoms. The van der Waals surface area contributed by atoms with Gasteiger partial charge in [-0.25, -0.2) is 0 Å². The minimum atomic E-state index is 0.278. The van der Waals surface area contributed by atoms with Gasteiger partial charge < -0.3 is 9.47 Å². The monoisotopic (exact) mass is 358 g/mol. The molecule has 0 saturated heterocycles. The van der Waals surface area contributed by atoms with Crippen LogP contribution in [-0.2, 0) is 6.42 Å². The van der Waals surface area contributed by atoms with Crippen LogP contribution in [0.3, 0.4) is 0 Å². The summed E-state index contributed by atoms with van der Waals surface area (Å²) >= 11 is 3.46. The second-order valence-electron chi connectivity index (χ2n) is 4.89. The zero-order valence-corrected chi connectivity index (χ0v) is 13.7. The molecule has 2 aromatic rings. The average molecular weight is 359 g/mol. The predicted octanol–water partition coefficient (Wildman–Crippen LogP) is 4.22. The van der Waals surface area contributed by atoms with Gasteiger partial charge in [0.1, 0.15) is 0 Å². The van der Waals surface area contributed by atoms with Crippen LogP contribution in [0.5, 0.6) is 11.5 Å². The van der Waals surface area contributed by atoms with E-state index >= 15 is 0 Å². The van der Waals surface area contributed by atoms with E-state index in [1.807, 2.05) is 37.3 Å². The molecule has 1 aliphatic rings. The Morgan fingerprint density at radius 3 is 2.91 bits per heavy atom. The Labute approximate surface area is 137 Å². The van der Waals surface area contributed by atoms with E-state index in [-0.39, 0.29) is 6.79 Å². The lowest BCUT2D eigenvalue weighted by Gasteiger charge is -2.01. The van der Waals surface area contributed by atoms with E-state index in [0.717, 1.165) is 33.7 Å². The van der Waals surface area contributed by atoms with E-state index < -0.39 is 0 Å². The SMILES string of the molecule is C/C(=N\N=C\Cc1cccc(Br)c1)c1ccc2c(c1)OCO2. The maximum Gasteiger partial charge on any atom is 0.231 e. The lowest BCUT2D eigenvalue weighted by Crippen LogP contribution is -1.94. The summed E-state index contributed by atoms with van der Waals surface area (Å²) in [4.78, 5) is 0. The van der Waals surface area contributed by atoms with Crippen LogP contribution < -0.4 is 9.47 Å². The lowest BCUT2D eigenvalue weighted by molar-refractivity contribution is 0.174. The van der Waals surface area contributed by atoms with Crippen molar-refractivity contribution in [3.05, 3.63) is 58.1 Å². The van der Waals surface area contributed by atoms with Crippen molar-refractivity contribution in [1.29, 1.82) is 0 Å². The fraction of sp³-hybridized carbons (Fsp3) is 0.176. The number of hydrogen-bond acceptors (Lipinski definition) is 4. The normalized spacial score (nSPS) is 13.8. The summed E-state index contributed by atoms with van der Waals surface area (Å²) in [6, 6.07) is 13.9. The molecule has 4 nitrogen and oxygen atoms in total. The summed E-state index contributed by atoms with van der Waals surface area (Å²) in [6.07, 6.45) is 2.55. The Hall–Kier alpha value is -2.14. The largest absolute Gasteiger partial charge is 0.454 e. The maximum atomic E-state index is 5.36. The Kier molecular flexibility index (Phi) is 4.53. The second-order valence-corrected chi connectivity index (χ2v) is 5.80. The number of rotatable bonds is 4. The van der Waals surface area contributed by atoms with Crippen LogP contribution in [0.2, 0.25) is 0 Å². The molecule has 0 unspecified atom stereocenters. The molecule has 0 N–H and O–H groups in total. The van der Waals surface area contributed by atoms with Gasteiger partial charge in [-0.3, -0.25) is 0 Å². The standard InChI is InChI=1S/C17H15BrN2O2/c1-12(14-5-6-16-17(10-14)22-11-21-16)20-19-8-7-13-3-2-4-15(18)9-13/h2-6,8-10H,7,11H2,1H3/b19-8+,20-12+. The van der Waals surface area contributed by atoms with E-state index in [2.05, 4.69) is 38.3 Å². The number of ether oxygens (including phenoxy) is 2. The van der Waals surface area contributed by atoms with E-state index in [1.165, 1.54) is 5.56 Å². The summed E-state index contributed by atoms with van der Waals surface area (Å²) in [5.41, 5.74) is 3.00. The molecule has 0 amide bonds. The van der Waals surface area contributed by atoms with Gasteiger partial charge in [0.2, 0.25) is 6.79 Å². The molecule has 0 aromatic heterocycles. The molecule has 3 rings (SSSR count). The smallest absolute Gasteiger partial charge is 0.231 e. The van der Waals surface area contributed by atoms with Gasteiger partial charge in [0.15, 0.2) is 11.5 Å². The van der Waals surface area contributed by atoms with Crippen molar-refractivity contribution in [2.75, 3.05) is 6.79 Å². The quantitative estimate of drug-likeness (QED) is 0.606. The van der Waals surface area contributed by atoms with Crippen LogP contribution in [-0.4, -0.2) is 18.7 Å². The highest BCUT2D eigenvalue weighted by Crippen LogP contribution is 2.32. The van der Waals surface area contributed by atoms with E-state index in [0.29, 0.717) is 0 Å². The molecule has 22 heavy (non-hydrogen) atoms. The van der Waals surface area contributed by atoms with Gasteiger partial charge in [0.05, 0.1) is 5.71 Å². The fourth-order valence-corrected chi connectivity index (χ4v) is 2.56. The molecule has 0 saturated carbocycles. The van der Waals surface area contributed by atoms with Crippen LogP contribution in [0.15, 0.2) is 57.1 Å². The van der Waals surface area contributed by atoms with Crippen molar-refractivity contribution >= 4 is 27.9 Å². The Morgan fingerprint density at radius 2 is 2.05 bits per heavy atom. The molecule has 0 radical (unpaired) electrons. The van der Waals surface area contributed by atoms with Crippen LogP contribution in [0.1, 0.15) is 18.1 Å². The van der Waals surface area contributed by atoms with E-state index in [1.54, 1.807) is 6.21 Å². The molecule has 0 bridgehead atoms. The maximum absolute atomic E-state index is 5.36. The molecule has 1 heterocycles. The van der Waals surface area contributed by atoms with Gasteiger partial charge in [-0.2, -0.15) is 10.2 Å². The van der Waals surface area contributed by atoms with Gasteiger partial charge in [-0.1, -0.05) is 28.1 Å². The van der Waals surface area contributed by atoms with Gasteiger partial charge in [-0.05, 0) is 42.8 Å². The Morgan fingerprint density at radius 1 is 1.18 bits per heavy atom. The number of fused-ring (bicyclic) bond motifs is 1. The average Bonchev–Trinajstić information content (AvgIpc) is 2.99. The minimum absolute atomic E-state index is 0.278. The first-order valence-electron chi connectivity index (χ1n) is 6.93. The third-order valence-electron chi connectivity index (χ3n) is 3.30. The number of nitrogens with zero attached hydrogens (tertiary/aromatic N) is 2. The highest BCUT2D eigenvalue weighted by atomic mass is 79.9. The van der Waals surface area contributed by atoms with Crippen molar-refractivity contribution in [1.82, 2.24) is 0 Å². The predicted molar refractivity (Wildman–Crippen MR) is 91.1 cm³/mol. The zero-order chi connectivity index (χ0) is 15.4. The van der Waals surface area contributed by atoms with Gasteiger partial charge in [0, 0.05) is 22.7 Å². The van der Waals surface area contributed by atoms with Crippen LogP contribution >= 0.6 is 15.9 Å². The molecule has 0 atom stereocenters. The molecule has 0 spiro atoms. The van der Waals surface area contributed by atoms with Crippen molar-refractivity contribution in [3.8, 4) is 11.5 Å². The topological polar surface area (TPSA) is 43.2 Å². The van der Waals surface area contributed by atoms with Crippen molar-refractivity contribution in [2.24, 2.45) is 10.2 Å². The molecular weight excluding hydrogens is 344 g/mol. The van der Waals surface area contributed by atoms with Crippen molar-refractivity contribution in [2.45, 2.75) is 13.3 Å². The summed E-state index contributed by atoms with van der Waals surface area (Å²) in [5, 5.41) is 8.38. The van der Waals surface area contributed by atoms with E-state index in [4.69, 9.17) is 9.47 Å². The van der Waals surface area contributed by atoms with Crippen LogP contribution in [0.4, 0.5) is 0 Å². The first-order valence-corrected chi connectivity index (χ1v) is 7.72. The second kappa shape index (κ2) is 6.75. The minimum Gasteiger partial charge on any atom is -0.454 e. The van der Waals surface area contributed by atoms with Gasteiger partial charge in [0.25, 0.3) is 0 Å². The molecule has 0 aliphatic carbocycles. The number of benzene rings is 2. The summed E-state index contributed by atoms with van der Waals surface area (Å²) < 4.78 is 11.7.